The molecule has 0 saturated carbocycles. The Morgan fingerprint density at radius 1 is 1.48 bits per heavy atom. The number of rotatable bonds is 5. The molecule has 0 saturated heterocycles. The summed E-state index contributed by atoms with van der Waals surface area (Å²) >= 11 is 8.88. The highest BCUT2D eigenvalue weighted by atomic mass is 79.9. The van der Waals surface area contributed by atoms with Gasteiger partial charge in [-0.2, -0.15) is 5.10 Å². The number of anilines is 1. The topological polar surface area (TPSA) is 84.2 Å². The molecule has 21 heavy (non-hydrogen) atoms. The molecular weight excluding hydrogens is 389 g/mol. The van der Waals surface area contributed by atoms with Crippen molar-refractivity contribution in [2.75, 3.05) is 11.3 Å². The van der Waals surface area contributed by atoms with Gasteiger partial charge in [-0.1, -0.05) is 11.6 Å². The zero-order valence-electron chi connectivity index (χ0n) is 10.4. The Labute approximate surface area is 133 Å². The average molecular weight is 399 g/mol. The Hall–Kier alpha value is -1.16. The smallest absolute Gasteiger partial charge is 0.265 e. The van der Waals surface area contributed by atoms with Gasteiger partial charge in [0.15, 0.2) is 0 Å². The molecule has 0 amide bonds. The number of nitrogens with one attached hydrogen (secondary N) is 1. The van der Waals surface area contributed by atoms with Crippen molar-refractivity contribution >= 4 is 43.2 Å². The summed E-state index contributed by atoms with van der Waals surface area (Å²) in [5, 5.41) is 12.5. The van der Waals surface area contributed by atoms with Crippen LogP contribution in [0.5, 0.6) is 0 Å². The first-order valence-corrected chi connectivity index (χ1v) is 8.29. The summed E-state index contributed by atoms with van der Waals surface area (Å²) in [6.45, 7) is 0.0143. The molecule has 1 heterocycles. The predicted octanol–water partition coefficient (Wildman–Crippen LogP) is 2.23. The second-order valence-corrected chi connectivity index (χ2v) is 6.96. The van der Waals surface area contributed by atoms with Crippen LogP contribution in [0.3, 0.4) is 0 Å². The van der Waals surface area contributed by atoms with Gasteiger partial charge in [-0.25, -0.2) is 12.8 Å². The first-order chi connectivity index (χ1) is 9.83. The molecule has 0 unspecified atom stereocenters. The predicted molar refractivity (Wildman–Crippen MR) is 79.2 cm³/mol. The molecule has 0 atom stereocenters. The van der Waals surface area contributed by atoms with E-state index in [0.717, 1.165) is 18.3 Å². The lowest BCUT2D eigenvalue weighted by molar-refractivity contribution is 0.269. The molecule has 1 aromatic carbocycles. The van der Waals surface area contributed by atoms with E-state index in [-0.39, 0.29) is 33.2 Å². The van der Waals surface area contributed by atoms with Gasteiger partial charge in [-0.15, -0.1) is 0 Å². The summed E-state index contributed by atoms with van der Waals surface area (Å²) in [6.07, 6.45) is 2.41. The summed E-state index contributed by atoms with van der Waals surface area (Å²) in [6, 6.07) is 2.10. The molecule has 0 spiro atoms. The van der Waals surface area contributed by atoms with E-state index in [0.29, 0.717) is 0 Å². The van der Waals surface area contributed by atoms with Crippen molar-refractivity contribution in [3.63, 3.8) is 0 Å². The van der Waals surface area contributed by atoms with Crippen molar-refractivity contribution < 1.29 is 17.9 Å². The van der Waals surface area contributed by atoms with Crippen LogP contribution in [0.2, 0.25) is 5.02 Å². The third kappa shape index (κ3) is 3.73. The van der Waals surface area contributed by atoms with Crippen molar-refractivity contribution in [2.24, 2.45) is 0 Å². The minimum absolute atomic E-state index is 0.0352. The molecule has 114 valence electrons. The summed E-state index contributed by atoms with van der Waals surface area (Å²) in [5.41, 5.74) is 0.0352. The molecule has 2 N–H and O–H groups in total. The molecule has 0 aliphatic heterocycles. The highest BCUT2D eigenvalue weighted by Crippen LogP contribution is 2.33. The third-order valence-corrected chi connectivity index (χ3v) is 4.72. The second kappa shape index (κ2) is 6.30. The summed E-state index contributed by atoms with van der Waals surface area (Å²) in [4.78, 5) is -0.0942. The van der Waals surface area contributed by atoms with Crippen LogP contribution in [0.1, 0.15) is 0 Å². The molecule has 10 heteroatoms. The van der Waals surface area contributed by atoms with Gasteiger partial charge in [0.25, 0.3) is 10.0 Å². The van der Waals surface area contributed by atoms with E-state index in [4.69, 9.17) is 16.7 Å². The number of halogens is 3. The van der Waals surface area contributed by atoms with E-state index in [2.05, 4.69) is 25.8 Å². The molecule has 0 radical (unpaired) electrons. The molecule has 0 fully saturated rings. The Balaban J connectivity index is 2.33. The van der Waals surface area contributed by atoms with Gasteiger partial charge < -0.3 is 5.11 Å². The number of aliphatic hydroxyl groups excluding tert-OH is 1. The number of nitrogens with zero attached hydrogens (tertiary/aromatic N) is 2. The number of aromatic nitrogens is 2. The van der Waals surface area contributed by atoms with Crippen LogP contribution in [-0.2, 0) is 16.6 Å². The maximum absolute atomic E-state index is 13.1. The maximum atomic E-state index is 13.1. The van der Waals surface area contributed by atoms with E-state index < -0.39 is 15.8 Å². The van der Waals surface area contributed by atoms with Crippen LogP contribution >= 0.6 is 27.5 Å². The van der Waals surface area contributed by atoms with Crippen LogP contribution < -0.4 is 4.72 Å². The first-order valence-electron chi connectivity index (χ1n) is 5.64. The van der Waals surface area contributed by atoms with E-state index >= 15 is 0 Å². The lowest BCUT2D eigenvalue weighted by Gasteiger charge is -2.10. The van der Waals surface area contributed by atoms with Crippen molar-refractivity contribution in [3.8, 4) is 0 Å². The highest BCUT2D eigenvalue weighted by Gasteiger charge is 2.20. The van der Waals surface area contributed by atoms with Gasteiger partial charge >= 0.3 is 0 Å². The van der Waals surface area contributed by atoms with Crippen LogP contribution in [0, 0.1) is 5.82 Å². The normalized spacial score (nSPS) is 11.6. The van der Waals surface area contributed by atoms with Crippen molar-refractivity contribution in [1.29, 1.82) is 0 Å². The van der Waals surface area contributed by atoms with E-state index in [1.165, 1.54) is 10.9 Å². The SMILES string of the molecule is O=S(=O)(Nc1c(Cl)cc(F)cc1Br)c1cnn(CCO)c1. The minimum atomic E-state index is -3.92. The third-order valence-electron chi connectivity index (χ3n) is 2.49. The fourth-order valence-corrected chi connectivity index (χ4v) is 3.68. The molecule has 2 rings (SSSR count). The minimum Gasteiger partial charge on any atom is -0.394 e. The van der Waals surface area contributed by atoms with Crippen molar-refractivity contribution in [3.05, 3.63) is 39.8 Å². The second-order valence-electron chi connectivity index (χ2n) is 4.01. The van der Waals surface area contributed by atoms with Crippen LogP contribution in [0.15, 0.2) is 33.9 Å². The van der Waals surface area contributed by atoms with Gasteiger partial charge in [0.1, 0.15) is 10.7 Å². The summed E-state index contributed by atoms with van der Waals surface area (Å²) in [7, 11) is -3.92. The van der Waals surface area contributed by atoms with Gasteiger partial charge in [0.2, 0.25) is 0 Å². The highest BCUT2D eigenvalue weighted by molar-refractivity contribution is 9.10. The molecule has 1 aromatic heterocycles. The van der Waals surface area contributed by atoms with Gasteiger partial charge in [-0.3, -0.25) is 9.40 Å². The van der Waals surface area contributed by atoms with Crippen molar-refractivity contribution in [2.45, 2.75) is 11.4 Å². The molecule has 0 aliphatic carbocycles. The Morgan fingerprint density at radius 3 is 2.81 bits per heavy atom. The lowest BCUT2D eigenvalue weighted by Crippen LogP contribution is -2.13. The Bertz CT molecular complexity index is 743. The van der Waals surface area contributed by atoms with E-state index in [1.807, 2.05) is 0 Å². The summed E-state index contributed by atoms with van der Waals surface area (Å²) in [5.74, 6) is -0.592. The summed E-state index contributed by atoms with van der Waals surface area (Å²) < 4.78 is 41.3. The Morgan fingerprint density at radius 2 is 2.19 bits per heavy atom. The number of aliphatic hydroxyl groups is 1. The number of sulfonamides is 1. The quantitative estimate of drug-likeness (QED) is 0.809. The maximum Gasteiger partial charge on any atom is 0.265 e. The molecule has 0 aliphatic rings. The van der Waals surface area contributed by atoms with Crippen molar-refractivity contribution in [1.82, 2.24) is 9.78 Å². The number of hydrogen-bond donors (Lipinski definition) is 2. The number of benzene rings is 1. The zero-order valence-corrected chi connectivity index (χ0v) is 13.6. The van der Waals surface area contributed by atoms with Gasteiger partial charge in [-0.05, 0) is 28.1 Å². The molecule has 0 bridgehead atoms. The fraction of sp³-hybridized carbons (Fsp3) is 0.182. The first kappa shape index (κ1) is 16.2. The number of hydrogen-bond acceptors (Lipinski definition) is 4. The van der Waals surface area contributed by atoms with Crippen LogP contribution in [0.4, 0.5) is 10.1 Å². The van der Waals surface area contributed by atoms with E-state index in [9.17, 15) is 12.8 Å². The average Bonchev–Trinajstić information content (AvgIpc) is 2.84. The largest absolute Gasteiger partial charge is 0.394 e. The molecular formula is C11H10BrClFN3O3S. The lowest BCUT2D eigenvalue weighted by atomic mass is 10.3. The fourth-order valence-electron chi connectivity index (χ4n) is 1.54. The van der Waals surface area contributed by atoms with Gasteiger partial charge in [0, 0.05) is 10.7 Å². The molecule has 2 aromatic rings. The Kier molecular flexibility index (Phi) is 4.87. The standard InChI is InChI=1S/C11H10BrClFN3O3S/c12-9-3-7(14)4-10(13)11(9)16-21(19,20)8-5-15-17(6-8)1-2-18/h3-6,16,18H,1-2H2. The monoisotopic (exact) mass is 397 g/mol. The van der Waals surface area contributed by atoms with Crippen LogP contribution in [0.25, 0.3) is 0 Å². The van der Waals surface area contributed by atoms with Crippen LogP contribution in [-0.4, -0.2) is 29.9 Å². The molecule has 6 nitrogen and oxygen atoms in total. The zero-order chi connectivity index (χ0) is 15.6. The van der Waals surface area contributed by atoms with E-state index in [1.54, 1.807) is 0 Å². The van der Waals surface area contributed by atoms with Gasteiger partial charge in [0.05, 0.1) is 30.1 Å².